The van der Waals surface area contributed by atoms with Gasteiger partial charge in [-0.2, -0.15) is 0 Å². The Kier molecular flexibility index (Phi) is 6.30. The van der Waals surface area contributed by atoms with Crippen LogP contribution in [0.25, 0.3) is 0 Å². The lowest BCUT2D eigenvalue weighted by atomic mass is 9.85. The third kappa shape index (κ3) is 4.45. The van der Waals surface area contributed by atoms with Crippen molar-refractivity contribution < 1.29 is 14.3 Å². The molecule has 4 rings (SSSR count). The van der Waals surface area contributed by atoms with Crippen LogP contribution >= 0.6 is 0 Å². The topological polar surface area (TPSA) is 83.0 Å². The molecule has 2 aliphatic carbocycles. The third-order valence-electron chi connectivity index (χ3n) is 6.25. The van der Waals surface area contributed by atoms with Gasteiger partial charge in [-0.1, -0.05) is 24.3 Å². The fourth-order valence-electron chi connectivity index (χ4n) is 4.93. The number of ether oxygens (including phenoxy) is 1. The van der Waals surface area contributed by atoms with Gasteiger partial charge in [0, 0.05) is 19.6 Å². The highest BCUT2D eigenvalue weighted by atomic mass is 16.5. The molecule has 1 saturated heterocycles. The van der Waals surface area contributed by atoms with Gasteiger partial charge in [0.15, 0.2) is 5.96 Å². The molecular weight excluding hydrogens is 392 g/mol. The summed E-state index contributed by atoms with van der Waals surface area (Å²) >= 11 is 0. The molecular formula is C24H32N4O3. The normalized spacial score (nSPS) is 26.7. The van der Waals surface area contributed by atoms with Crippen LogP contribution in [-0.2, 0) is 16.1 Å². The van der Waals surface area contributed by atoms with E-state index < -0.39 is 0 Å². The number of hydrogen-bond donors (Lipinski definition) is 2. The number of allylic oxidation sites excluding steroid dienone is 2. The molecule has 2 bridgehead atoms. The number of nitrogens with one attached hydrogen (secondary N) is 2. The highest BCUT2D eigenvalue weighted by Gasteiger charge is 2.58. The van der Waals surface area contributed by atoms with Crippen LogP contribution in [0.15, 0.2) is 41.4 Å². The molecule has 2 amide bonds. The Hall–Kier alpha value is -2.83. The summed E-state index contributed by atoms with van der Waals surface area (Å²) in [6.07, 6.45) is 5.35. The number of carbonyl (C=O) groups excluding carboxylic acids is 2. The molecule has 2 N–H and O–H groups in total. The SMILES string of the molecule is CCNC(=NCc1ccc(OC(C)C)cc1)NCCN1C(=O)C2C3C=CC(C3)C2C1=O. The predicted molar refractivity (Wildman–Crippen MR) is 119 cm³/mol. The van der Waals surface area contributed by atoms with Crippen molar-refractivity contribution >= 4 is 17.8 Å². The van der Waals surface area contributed by atoms with Crippen LogP contribution in [0.3, 0.4) is 0 Å². The van der Waals surface area contributed by atoms with E-state index in [2.05, 4.69) is 27.8 Å². The minimum atomic E-state index is -0.132. The number of aliphatic imine (C=N–C) groups is 1. The second kappa shape index (κ2) is 9.12. The Labute approximate surface area is 183 Å². The van der Waals surface area contributed by atoms with Crippen molar-refractivity contribution in [2.24, 2.45) is 28.7 Å². The van der Waals surface area contributed by atoms with Gasteiger partial charge in [0.2, 0.25) is 11.8 Å². The van der Waals surface area contributed by atoms with Gasteiger partial charge >= 0.3 is 0 Å². The number of rotatable bonds is 8. The lowest BCUT2D eigenvalue weighted by Gasteiger charge is -2.18. The number of imide groups is 1. The first kappa shape index (κ1) is 21.4. The number of likely N-dealkylation sites (tertiary alicyclic amines) is 1. The fourth-order valence-corrected chi connectivity index (χ4v) is 4.93. The van der Waals surface area contributed by atoms with Crippen molar-refractivity contribution in [3.8, 4) is 5.75 Å². The van der Waals surface area contributed by atoms with Gasteiger partial charge in [0.1, 0.15) is 5.75 Å². The van der Waals surface area contributed by atoms with Crippen molar-refractivity contribution in [1.29, 1.82) is 0 Å². The quantitative estimate of drug-likeness (QED) is 0.290. The van der Waals surface area contributed by atoms with E-state index in [1.807, 2.05) is 45.0 Å². The summed E-state index contributed by atoms with van der Waals surface area (Å²) in [6, 6.07) is 7.92. The molecule has 31 heavy (non-hydrogen) atoms. The number of nitrogens with zero attached hydrogens (tertiary/aromatic N) is 2. The lowest BCUT2D eigenvalue weighted by molar-refractivity contribution is -0.140. The zero-order valence-corrected chi connectivity index (χ0v) is 18.5. The van der Waals surface area contributed by atoms with E-state index in [0.717, 1.165) is 24.3 Å². The molecule has 2 fully saturated rings. The number of guanidine groups is 1. The van der Waals surface area contributed by atoms with Crippen molar-refractivity contribution in [2.45, 2.75) is 39.8 Å². The van der Waals surface area contributed by atoms with Crippen LogP contribution < -0.4 is 15.4 Å². The van der Waals surface area contributed by atoms with Crippen LogP contribution in [0, 0.1) is 23.7 Å². The average molecular weight is 425 g/mol. The smallest absolute Gasteiger partial charge is 0.233 e. The summed E-state index contributed by atoms with van der Waals surface area (Å²) in [6.45, 7) is 8.12. The highest BCUT2D eigenvalue weighted by molar-refractivity contribution is 6.06. The summed E-state index contributed by atoms with van der Waals surface area (Å²) in [5.74, 6) is 1.76. The monoisotopic (exact) mass is 424 g/mol. The first-order valence-corrected chi connectivity index (χ1v) is 11.3. The largest absolute Gasteiger partial charge is 0.491 e. The van der Waals surface area contributed by atoms with Crippen molar-refractivity contribution in [3.63, 3.8) is 0 Å². The molecule has 0 aromatic heterocycles. The summed E-state index contributed by atoms with van der Waals surface area (Å²) in [7, 11) is 0. The van der Waals surface area contributed by atoms with Gasteiger partial charge in [-0.25, -0.2) is 4.99 Å². The highest BCUT2D eigenvalue weighted by Crippen LogP contribution is 2.52. The van der Waals surface area contributed by atoms with Gasteiger partial charge in [0.05, 0.1) is 24.5 Å². The first-order chi connectivity index (χ1) is 15.0. The van der Waals surface area contributed by atoms with Crippen molar-refractivity contribution in [1.82, 2.24) is 15.5 Å². The first-order valence-electron chi connectivity index (χ1n) is 11.3. The fraction of sp³-hybridized carbons (Fsp3) is 0.542. The van der Waals surface area contributed by atoms with Crippen molar-refractivity contribution in [3.05, 3.63) is 42.0 Å². The van der Waals surface area contributed by atoms with E-state index in [-0.39, 0.29) is 41.6 Å². The van der Waals surface area contributed by atoms with Gasteiger partial charge in [-0.05, 0) is 56.7 Å². The standard InChI is InChI=1S/C24H32N4O3/c1-4-25-24(27-14-16-5-9-19(10-6-16)31-15(2)3)26-11-12-28-22(29)20-17-7-8-18(13-17)21(20)23(28)30/h5-10,15,17-18,20-21H,4,11-14H2,1-3H3,(H2,25,26,27). The zero-order chi connectivity index (χ0) is 22.0. The summed E-state index contributed by atoms with van der Waals surface area (Å²) in [4.78, 5) is 31.6. The molecule has 7 nitrogen and oxygen atoms in total. The molecule has 166 valence electrons. The number of hydrogen-bond acceptors (Lipinski definition) is 4. The molecule has 3 aliphatic rings. The summed E-state index contributed by atoms with van der Waals surface area (Å²) < 4.78 is 5.67. The van der Waals surface area contributed by atoms with E-state index in [1.54, 1.807) is 0 Å². The van der Waals surface area contributed by atoms with Gasteiger partial charge < -0.3 is 15.4 Å². The molecule has 0 radical (unpaired) electrons. The maximum atomic E-state index is 12.8. The molecule has 4 atom stereocenters. The minimum absolute atomic E-state index is 0.000652. The molecule has 1 aromatic rings. The van der Waals surface area contributed by atoms with Gasteiger partial charge in [0.25, 0.3) is 0 Å². The number of amides is 2. The maximum Gasteiger partial charge on any atom is 0.233 e. The van der Waals surface area contributed by atoms with Gasteiger partial charge in [-0.15, -0.1) is 0 Å². The lowest BCUT2D eigenvalue weighted by Crippen LogP contribution is -2.43. The van der Waals surface area contributed by atoms with E-state index in [0.29, 0.717) is 25.6 Å². The third-order valence-corrected chi connectivity index (χ3v) is 6.25. The van der Waals surface area contributed by atoms with Crippen LogP contribution in [0.4, 0.5) is 0 Å². The molecule has 7 heteroatoms. The second-order valence-corrected chi connectivity index (χ2v) is 8.76. The molecule has 1 aliphatic heterocycles. The summed E-state index contributed by atoms with van der Waals surface area (Å²) in [5, 5.41) is 6.47. The van der Waals surface area contributed by atoms with E-state index in [4.69, 9.17) is 4.74 Å². The minimum Gasteiger partial charge on any atom is -0.491 e. The molecule has 1 aromatic carbocycles. The van der Waals surface area contributed by atoms with Crippen molar-refractivity contribution in [2.75, 3.05) is 19.6 Å². The molecule has 4 unspecified atom stereocenters. The predicted octanol–water partition coefficient (Wildman–Crippen LogP) is 2.34. The second-order valence-electron chi connectivity index (χ2n) is 8.76. The molecule has 1 saturated carbocycles. The maximum absolute atomic E-state index is 12.8. The number of fused-ring (bicyclic) bond motifs is 5. The Morgan fingerprint density at radius 3 is 2.32 bits per heavy atom. The van der Waals surface area contributed by atoms with Crippen LogP contribution in [0.2, 0.25) is 0 Å². The van der Waals surface area contributed by atoms with Crippen LogP contribution in [0.1, 0.15) is 32.8 Å². The number of carbonyl (C=O) groups is 2. The average Bonchev–Trinajstić information content (AvgIpc) is 3.42. The number of benzene rings is 1. The van der Waals surface area contributed by atoms with E-state index in [1.165, 1.54) is 4.90 Å². The van der Waals surface area contributed by atoms with E-state index >= 15 is 0 Å². The van der Waals surface area contributed by atoms with Gasteiger partial charge in [-0.3, -0.25) is 14.5 Å². The van der Waals surface area contributed by atoms with Crippen LogP contribution in [-0.4, -0.2) is 48.4 Å². The van der Waals surface area contributed by atoms with Crippen LogP contribution in [0.5, 0.6) is 5.75 Å². The summed E-state index contributed by atoms with van der Waals surface area (Å²) in [5.41, 5.74) is 1.08. The molecule has 1 heterocycles. The zero-order valence-electron chi connectivity index (χ0n) is 18.5. The van der Waals surface area contributed by atoms with E-state index in [9.17, 15) is 9.59 Å². The Balaban J connectivity index is 1.30. The molecule has 0 spiro atoms. The Morgan fingerprint density at radius 2 is 1.74 bits per heavy atom. The Bertz CT molecular complexity index is 847. The Morgan fingerprint density at radius 1 is 1.10 bits per heavy atom.